The average Bonchev–Trinajstić information content (AvgIpc) is 2.82. The summed E-state index contributed by atoms with van der Waals surface area (Å²) in [6.07, 6.45) is 0.244. The number of esters is 1. The topological polar surface area (TPSA) is 94.6 Å². The van der Waals surface area contributed by atoms with Gasteiger partial charge in [0.1, 0.15) is 16.9 Å². The number of aromatic nitrogens is 1. The molecule has 7 nitrogen and oxygen atoms in total. The molecule has 0 bridgehead atoms. The highest BCUT2D eigenvalue weighted by atomic mass is 35.5. The van der Waals surface area contributed by atoms with Gasteiger partial charge in [-0.3, -0.25) is 9.59 Å². The summed E-state index contributed by atoms with van der Waals surface area (Å²) in [5.41, 5.74) is -0.287. The highest BCUT2D eigenvalue weighted by Gasteiger charge is 2.33. The normalized spacial score (nSPS) is 12.5. The van der Waals surface area contributed by atoms with Crippen LogP contribution in [0.5, 0.6) is 11.6 Å². The van der Waals surface area contributed by atoms with E-state index in [1.807, 2.05) is 57.2 Å². The maximum absolute atomic E-state index is 12.5. The second-order valence-electron chi connectivity index (χ2n) is 9.30. The van der Waals surface area contributed by atoms with Crippen LogP contribution >= 0.6 is 11.6 Å². The van der Waals surface area contributed by atoms with Crippen molar-refractivity contribution in [2.75, 3.05) is 12.4 Å². The number of halogens is 1. The Hall–Kier alpha value is -3.71. The minimum absolute atomic E-state index is 0.178. The van der Waals surface area contributed by atoms with E-state index in [0.717, 1.165) is 16.3 Å². The van der Waals surface area contributed by atoms with E-state index >= 15 is 0 Å². The van der Waals surface area contributed by atoms with E-state index < -0.39 is 28.3 Å². The van der Waals surface area contributed by atoms with E-state index in [-0.39, 0.29) is 12.1 Å². The Balaban J connectivity index is 1.54. The Morgan fingerprint density at radius 2 is 1.74 bits per heavy atom. The average molecular weight is 493 g/mol. The van der Waals surface area contributed by atoms with Crippen LogP contribution in [0, 0.1) is 0 Å². The Morgan fingerprint density at radius 3 is 2.40 bits per heavy atom. The predicted molar refractivity (Wildman–Crippen MR) is 136 cm³/mol. The summed E-state index contributed by atoms with van der Waals surface area (Å²) in [5.74, 6) is 0.409. The van der Waals surface area contributed by atoms with E-state index in [1.54, 1.807) is 18.2 Å². The molecule has 0 spiro atoms. The number of hydrogen-bond acceptors (Lipinski definition) is 7. The van der Waals surface area contributed by atoms with Gasteiger partial charge in [0.25, 0.3) is 0 Å². The molecule has 180 valence electrons. The molecule has 0 aliphatic heterocycles. The zero-order valence-electron chi connectivity index (χ0n) is 19.8. The van der Waals surface area contributed by atoms with Gasteiger partial charge in [-0.05, 0) is 40.6 Å². The van der Waals surface area contributed by atoms with E-state index in [0.29, 0.717) is 22.3 Å². The minimum atomic E-state index is -0.838. The molecule has 3 aromatic carbocycles. The number of pyridine rings is 1. The second-order valence-corrected chi connectivity index (χ2v) is 9.69. The maximum atomic E-state index is 12.5. The molecule has 35 heavy (non-hydrogen) atoms. The first kappa shape index (κ1) is 24.4. The standard InChI is InChI=1S/C27H25ClN2O5/c1-27(2,3)21-22(24(32)23(21)31)29-19(26(33)34-4)13-15-9-11-17(12-10-15)35-25-18-8-6-5-7-16(18)14-20(28)30-25/h5-12,14,19,29H,13H2,1-4H3. The molecule has 1 N–H and O–H groups in total. The van der Waals surface area contributed by atoms with Crippen molar-refractivity contribution in [2.45, 2.75) is 38.6 Å². The first-order valence-corrected chi connectivity index (χ1v) is 11.5. The molecular weight excluding hydrogens is 468 g/mol. The molecule has 4 aromatic rings. The molecule has 0 saturated carbocycles. The van der Waals surface area contributed by atoms with E-state index in [1.165, 1.54) is 7.11 Å². The minimum Gasteiger partial charge on any atom is -0.467 e. The lowest BCUT2D eigenvalue weighted by Crippen LogP contribution is -2.47. The van der Waals surface area contributed by atoms with Crippen molar-refractivity contribution < 1.29 is 14.3 Å². The smallest absolute Gasteiger partial charge is 0.328 e. The number of benzene rings is 2. The number of fused-ring (bicyclic) bond motifs is 1. The highest BCUT2D eigenvalue weighted by Crippen LogP contribution is 2.31. The van der Waals surface area contributed by atoms with Crippen LogP contribution in [0.4, 0.5) is 5.69 Å². The monoisotopic (exact) mass is 492 g/mol. The van der Waals surface area contributed by atoms with Crippen molar-refractivity contribution in [2.24, 2.45) is 0 Å². The number of rotatable bonds is 7. The van der Waals surface area contributed by atoms with E-state index in [4.69, 9.17) is 21.1 Å². The van der Waals surface area contributed by atoms with Gasteiger partial charge in [0.2, 0.25) is 16.7 Å². The predicted octanol–water partition coefficient (Wildman–Crippen LogP) is 4.77. The molecule has 0 aliphatic carbocycles. The number of carbonyl (C=O) groups is 1. The summed E-state index contributed by atoms with van der Waals surface area (Å²) in [6.45, 7) is 5.54. The first-order chi connectivity index (χ1) is 16.6. The van der Waals surface area contributed by atoms with E-state index in [9.17, 15) is 14.4 Å². The van der Waals surface area contributed by atoms with Crippen LogP contribution in [-0.4, -0.2) is 24.1 Å². The number of ether oxygens (including phenoxy) is 2. The number of nitrogens with one attached hydrogen (secondary N) is 1. The van der Waals surface area contributed by atoms with Crippen molar-refractivity contribution in [1.29, 1.82) is 0 Å². The maximum Gasteiger partial charge on any atom is 0.328 e. The van der Waals surface area contributed by atoms with Crippen molar-refractivity contribution in [3.05, 3.63) is 91.3 Å². The van der Waals surface area contributed by atoms with Gasteiger partial charge in [-0.2, -0.15) is 0 Å². The van der Waals surface area contributed by atoms with Gasteiger partial charge >= 0.3 is 5.97 Å². The largest absolute Gasteiger partial charge is 0.467 e. The van der Waals surface area contributed by atoms with Gasteiger partial charge < -0.3 is 14.8 Å². The van der Waals surface area contributed by atoms with Crippen molar-refractivity contribution in [1.82, 2.24) is 4.98 Å². The zero-order chi connectivity index (χ0) is 25.3. The first-order valence-electron chi connectivity index (χ1n) is 11.1. The fourth-order valence-electron chi connectivity index (χ4n) is 4.01. The molecule has 0 saturated heterocycles. The van der Waals surface area contributed by atoms with Crippen LogP contribution in [0.25, 0.3) is 10.8 Å². The molecule has 0 amide bonds. The number of methoxy groups -OCH3 is 1. The lowest BCUT2D eigenvalue weighted by Gasteiger charge is -2.26. The number of carbonyl (C=O) groups excluding carboxylic acids is 1. The molecule has 0 radical (unpaired) electrons. The summed E-state index contributed by atoms with van der Waals surface area (Å²) >= 11 is 6.14. The van der Waals surface area contributed by atoms with Gasteiger partial charge in [-0.1, -0.05) is 62.7 Å². The third kappa shape index (κ3) is 5.05. The van der Waals surface area contributed by atoms with Crippen LogP contribution in [-0.2, 0) is 21.4 Å². The van der Waals surface area contributed by atoms with Gasteiger partial charge in [0, 0.05) is 17.4 Å². The van der Waals surface area contributed by atoms with Crippen LogP contribution in [0.1, 0.15) is 31.9 Å². The molecule has 1 unspecified atom stereocenters. The molecule has 0 fully saturated rings. The molecule has 1 atom stereocenters. The van der Waals surface area contributed by atoms with Crippen LogP contribution in [0.15, 0.2) is 64.2 Å². The molecule has 1 aromatic heterocycles. The zero-order valence-corrected chi connectivity index (χ0v) is 20.6. The van der Waals surface area contributed by atoms with Crippen molar-refractivity contribution >= 4 is 34.0 Å². The molecule has 0 aliphatic rings. The van der Waals surface area contributed by atoms with Gasteiger partial charge in [-0.25, -0.2) is 9.78 Å². The lowest BCUT2D eigenvalue weighted by molar-refractivity contribution is -0.141. The van der Waals surface area contributed by atoms with Gasteiger partial charge in [0.15, 0.2) is 0 Å². The Bertz CT molecular complexity index is 1460. The third-order valence-electron chi connectivity index (χ3n) is 5.72. The van der Waals surface area contributed by atoms with Crippen LogP contribution in [0.3, 0.4) is 0 Å². The third-order valence-corrected chi connectivity index (χ3v) is 5.91. The van der Waals surface area contributed by atoms with Crippen LogP contribution < -0.4 is 20.9 Å². The highest BCUT2D eigenvalue weighted by molar-refractivity contribution is 6.30. The summed E-state index contributed by atoms with van der Waals surface area (Å²) in [5, 5.41) is 5.03. The SMILES string of the molecule is COC(=O)C(Cc1ccc(Oc2nc(Cl)cc3ccccc23)cc1)Nc1c(C(C)(C)C)c(=O)c1=O. The van der Waals surface area contributed by atoms with Crippen molar-refractivity contribution in [3.63, 3.8) is 0 Å². The number of anilines is 1. The quantitative estimate of drug-likeness (QED) is 0.225. The number of hydrogen-bond donors (Lipinski definition) is 1. The Morgan fingerprint density at radius 1 is 1.06 bits per heavy atom. The fourth-order valence-corrected chi connectivity index (χ4v) is 4.20. The summed E-state index contributed by atoms with van der Waals surface area (Å²) in [7, 11) is 1.28. The Kier molecular flexibility index (Phi) is 6.63. The van der Waals surface area contributed by atoms with Crippen LogP contribution in [0.2, 0.25) is 5.15 Å². The lowest BCUT2D eigenvalue weighted by atomic mass is 9.82. The summed E-state index contributed by atoms with van der Waals surface area (Å²) < 4.78 is 10.9. The van der Waals surface area contributed by atoms with Crippen molar-refractivity contribution in [3.8, 4) is 11.6 Å². The molecule has 8 heteroatoms. The fraction of sp³-hybridized carbons (Fsp3) is 0.259. The number of nitrogens with zero attached hydrogens (tertiary/aromatic N) is 1. The Labute approximate surface area is 207 Å². The van der Waals surface area contributed by atoms with Gasteiger partial charge in [-0.15, -0.1) is 0 Å². The molecular formula is C27H25ClN2O5. The molecule has 1 heterocycles. The summed E-state index contributed by atoms with van der Waals surface area (Å²) in [4.78, 5) is 41.0. The van der Waals surface area contributed by atoms with Gasteiger partial charge in [0.05, 0.1) is 12.8 Å². The molecule has 4 rings (SSSR count). The second kappa shape index (κ2) is 9.50. The summed E-state index contributed by atoms with van der Waals surface area (Å²) in [6, 6.07) is 15.7. The van der Waals surface area contributed by atoms with E-state index in [2.05, 4.69) is 10.3 Å².